The van der Waals surface area contributed by atoms with Crippen LogP contribution in [-0.2, 0) is 14.8 Å². The van der Waals surface area contributed by atoms with Crippen LogP contribution in [-0.4, -0.2) is 56.0 Å². The molecular formula is C10H18N2O3S. The molecule has 92 valence electrons. The molecule has 2 atom stereocenters. The lowest BCUT2D eigenvalue weighted by Gasteiger charge is -2.33. The Bertz CT molecular complexity index is 385. The molecule has 2 rings (SSSR count). The summed E-state index contributed by atoms with van der Waals surface area (Å²) in [5, 5.41) is 0. The maximum absolute atomic E-state index is 11.9. The van der Waals surface area contributed by atoms with Crippen molar-refractivity contribution in [2.45, 2.75) is 13.3 Å². The van der Waals surface area contributed by atoms with Crippen molar-refractivity contribution in [3.8, 4) is 0 Å². The smallest absolute Gasteiger partial charge is 0.226 e. The number of nitrogens with zero attached hydrogens (tertiary/aromatic N) is 2. The summed E-state index contributed by atoms with van der Waals surface area (Å²) in [5.74, 6) is 0.922. The van der Waals surface area contributed by atoms with Crippen LogP contribution in [0.3, 0.4) is 0 Å². The highest BCUT2D eigenvalue weighted by molar-refractivity contribution is 7.88. The summed E-state index contributed by atoms with van der Waals surface area (Å²) in [7, 11) is -3.10. The van der Waals surface area contributed by atoms with E-state index in [0.29, 0.717) is 32.1 Å². The van der Waals surface area contributed by atoms with E-state index >= 15 is 0 Å². The Morgan fingerprint density at radius 1 is 1.19 bits per heavy atom. The summed E-state index contributed by atoms with van der Waals surface area (Å²) in [6.07, 6.45) is 2.21. The molecule has 2 fully saturated rings. The van der Waals surface area contributed by atoms with E-state index in [4.69, 9.17) is 0 Å². The van der Waals surface area contributed by atoms with Crippen LogP contribution in [0.4, 0.5) is 0 Å². The zero-order valence-electron chi connectivity index (χ0n) is 9.72. The van der Waals surface area contributed by atoms with Gasteiger partial charge in [-0.1, -0.05) is 6.92 Å². The Balaban J connectivity index is 1.88. The van der Waals surface area contributed by atoms with Crippen molar-refractivity contribution in [3.63, 3.8) is 0 Å². The number of hydrogen-bond acceptors (Lipinski definition) is 3. The number of amides is 1. The van der Waals surface area contributed by atoms with Crippen LogP contribution in [0.15, 0.2) is 0 Å². The highest BCUT2D eigenvalue weighted by atomic mass is 32.2. The van der Waals surface area contributed by atoms with Crippen LogP contribution in [0.25, 0.3) is 0 Å². The highest BCUT2D eigenvalue weighted by Crippen LogP contribution is 2.39. The number of sulfonamides is 1. The van der Waals surface area contributed by atoms with Gasteiger partial charge in [-0.15, -0.1) is 0 Å². The predicted molar refractivity (Wildman–Crippen MR) is 60.3 cm³/mol. The number of hydrogen-bond donors (Lipinski definition) is 0. The average Bonchev–Trinajstić information content (AvgIpc) is 2.93. The van der Waals surface area contributed by atoms with Gasteiger partial charge in [-0.05, 0) is 12.3 Å². The molecule has 1 aliphatic carbocycles. The van der Waals surface area contributed by atoms with Gasteiger partial charge in [0.1, 0.15) is 0 Å². The standard InChI is InChI=1S/C10H18N2O3S/c1-8-7-9(8)10(13)11-3-5-12(6-4-11)16(2,14)15/h8-9H,3-7H2,1-2H3/t8-,9+/m0/s1. The summed E-state index contributed by atoms with van der Waals surface area (Å²) < 4.78 is 24.0. The molecule has 1 saturated heterocycles. The highest BCUT2D eigenvalue weighted by Gasteiger charge is 2.42. The first-order chi connectivity index (χ1) is 7.39. The molecule has 1 saturated carbocycles. The van der Waals surface area contributed by atoms with Crippen LogP contribution >= 0.6 is 0 Å². The van der Waals surface area contributed by atoms with E-state index in [0.717, 1.165) is 6.42 Å². The quantitative estimate of drug-likeness (QED) is 0.675. The van der Waals surface area contributed by atoms with Crippen molar-refractivity contribution in [2.24, 2.45) is 11.8 Å². The van der Waals surface area contributed by atoms with Gasteiger partial charge < -0.3 is 4.90 Å². The monoisotopic (exact) mass is 246 g/mol. The van der Waals surface area contributed by atoms with E-state index in [1.165, 1.54) is 10.6 Å². The van der Waals surface area contributed by atoms with Gasteiger partial charge in [0.15, 0.2) is 0 Å². The molecule has 16 heavy (non-hydrogen) atoms. The molecule has 0 bridgehead atoms. The molecular weight excluding hydrogens is 228 g/mol. The third-order valence-electron chi connectivity index (χ3n) is 3.45. The molecule has 1 heterocycles. The Morgan fingerprint density at radius 2 is 1.69 bits per heavy atom. The lowest BCUT2D eigenvalue weighted by molar-refractivity contribution is -0.134. The maximum atomic E-state index is 11.9. The second-order valence-corrected chi connectivity index (χ2v) is 6.79. The van der Waals surface area contributed by atoms with Crippen molar-refractivity contribution in [3.05, 3.63) is 0 Å². The van der Waals surface area contributed by atoms with Crippen molar-refractivity contribution in [1.29, 1.82) is 0 Å². The molecule has 0 aromatic rings. The summed E-state index contributed by atoms with van der Waals surface area (Å²) >= 11 is 0. The Morgan fingerprint density at radius 3 is 2.06 bits per heavy atom. The molecule has 0 N–H and O–H groups in total. The Labute approximate surface area is 96.5 Å². The SMILES string of the molecule is C[C@H]1C[C@H]1C(=O)N1CCN(S(C)(=O)=O)CC1. The van der Waals surface area contributed by atoms with Crippen molar-refractivity contribution in [2.75, 3.05) is 32.4 Å². The van der Waals surface area contributed by atoms with Crippen LogP contribution in [0.1, 0.15) is 13.3 Å². The van der Waals surface area contributed by atoms with Gasteiger partial charge in [0, 0.05) is 32.1 Å². The summed E-state index contributed by atoms with van der Waals surface area (Å²) in [6.45, 7) is 4.02. The molecule has 6 heteroatoms. The van der Waals surface area contributed by atoms with Gasteiger partial charge in [-0.25, -0.2) is 8.42 Å². The number of carbonyl (C=O) groups excluding carboxylic acids is 1. The lowest BCUT2D eigenvalue weighted by atomic mass is 10.2. The second-order valence-electron chi connectivity index (χ2n) is 4.81. The minimum absolute atomic E-state index is 0.199. The molecule has 0 aromatic carbocycles. The number of rotatable bonds is 2. The summed E-state index contributed by atoms with van der Waals surface area (Å²) in [4.78, 5) is 13.7. The van der Waals surface area contributed by atoms with Crippen molar-refractivity contribution >= 4 is 15.9 Å². The number of carbonyl (C=O) groups is 1. The zero-order valence-corrected chi connectivity index (χ0v) is 10.5. The fraction of sp³-hybridized carbons (Fsp3) is 0.900. The van der Waals surface area contributed by atoms with E-state index in [-0.39, 0.29) is 11.8 Å². The van der Waals surface area contributed by atoms with Gasteiger partial charge in [0.2, 0.25) is 15.9 Å². The molecule has 0 unspecified atom stereocenters. The lowest BCUT2D eigenvalue weighted by Crippen LogP contribution is -2.50. The minimum atomic E-state index is -3.10. The van der Waals surface area contributed by atoms with Gasteiger partial charge >= 0.3 is 0 Å². The van der Waals surface area contributed by atoms with Gasteiger partial charge in [0.25, 0.3) is 0 Å². The first-order valence-electron chi connectivity index (χ1n) is 5.63. The molecule has 0 spiro atoms. The predicted octanol–water partition coefficient (Wildman–Crippen LogP) is -0.254. The fourth-order valence-corrected chi connectivity index (χ4v) is 2.97. The van der Waals surface area contributed by atoms with E-state index in [9.17, 15) is 13.2 Å². The van der Waals surface area contributed by atoms with Crippen LogP contribution < -0.4 is 0 Å². The average molecular weight is 246 g/mol. The Kier molecular flexibility index (Phi) is 2.96. The summed E-state index contributed by atoms with van der Waals surface area (Å²) in [6, 6.07) is 0. The van der Waals surface area contributed by atoms with Crippen LogP contribution in [0, 0.1) is 11.8 Å². The zero-order chi connectivity index (χ0) is 11.9. The maximum Gasteiger partial charge on any atom is 0.226 e. The molecule has 5 nitrogen and oxygen atoms in total. The van der Waals surface area contributed by atoms with Crippen molar-refractivity contribution in [1.82, 2.24) is 9.21 Å². The normalized spacial score (nSPS) is 31.5. The molecule has 1 amide bonds. The third-order valence-corrected chi connectivity index (χ3v) is 4.75. The minimum Gasteiger partial charge on any atom is -0.340 e. The molecule has 2 aliphatic rings. The van der Waals surface area contributed by atoms with E-state index in [1.807, 2.05) is 0 Å². The fourth-order valence-electron chi connectivity index (χ4n) is 2.14. The molecule has 0 radical (unpaired) electrons. The van der Waals surface area contributed by atoms with Gasteiger partial charge in [0.05, 0.1) is 6.26 Å². The van der Waals surface area contributed by atoms with Gasteiger partial charge in [-0.2, -0.15) is 4.31 Å². The van der Waals surface area contributed by atoms with Gasteiger partial charge in [-0.3, -0.25) is 4.79 Å². The first-order valence-corrected chi connectivity index (χ1v) is 7.48. The third kappa shape index (κ3) is 2.38. The largest absolute Gasteiger partial charge is 0.340 e. The topological polar surface area (TPSA) is 57.7 Å². The van der Waals surface area contributed by atoms with Crippen LogP contribution in [0.5, 0.6) is 0 Å². The first kappa shape index (κ1) is 11.9. The molecule has 1 aliphatic heterocycles. The summed E-state index contributed by atoms with van der Waals surface area (Å²) in [5.41, 5.74) is 0. The number of piperazine rings is 1. The van der Waals surface area contributed by atoms with Crippen molar-refractivity contribution < 1.29 is 13.2 Å². The van der Waals surface area contributed by atoms with E-state index < -0.39 is 10.0 Å². The second kappa shape index (κ2) is 4.00. The van der Waals surface area contributed by atoms with E-state index in [1.54, 1.807) is 4.90 Å². The Hall–Kier alpha value is -0.620. The van der Waals surface area contributed by atoms with Crippen LogP contribution in [0.2, 0.25) is 0 Å². The van der Waals surface area contributed by atoms with E-state index in [2.05, 4.69) is 6.92 Å². The molecule has 0 aromatic heterocycles.